The molecule has 0 amide bonds. The van der Waals surface area contributed by atoms with E-state index in [0.29, 0.717) is 46.2 Å². The van der Waals surface area contributed by atoms with Crippen LogP contribution in [0.3, 0.4) is 0 Å². The predicted octanol–water partition coefficient (Wildman–Crippen LogP) is 7.73. The van der Waals surface area contributed by atoms with Crippen LogP contribution in [0.1, 0.15) is 134 Å². The van der Waals surface area contributed by atoms with E-state index in [1.54, 1.807) is 0 Å². The molecule has 0 N–H and O–H groups in total. The molecule has 0 spiro atoms. The fourth-order valence-corrected chi connectivity index (χ4v) is 4.96. The molecule has 0 aliphatic heterocycles. The van der Waals surface area contributed by atoms with E-state index in [1.807, 2.05) is 69.2 Å². The number of unbranched alkanes of at least 4 members (excludes halogenated alkanes) is 2. The number of hydrogen-bond acceptors (Lipinski definition) is 11. The van der Waals surface area contributed by atoms with Crippen molar-refractivity contribution in [1.29, 1.82) is 0 Å². The third-order valence-electron chi connectivity index (χ3n) is 8.55. The molecule has 0 fully saturated rings. The molecular weight excluding hydrogens is 656 g/mol. The number of hydrogen-bond donors (Lipinski definition) is 0. The molecular formula is C40H78O11. The van der Waals surface area contributed by atoms with Crippen molar-refractivity contribution in [2.75, 3.05) is 52.9 Å². The molecule has 0 rings (SSSR count). The van der Waals surface area contributed by atoms with Gasteiger partial charge in [-0.2, -0.15) is 0 Å². The number of carbonyl (C=O) groups excluding carboxylic acids is 2. The number of ether oxygens (including phenoxy) is 9. The minimum Gasteiger partial charge on any atom is -0.463 e. The summed E-state index contributed by atoms with van der Waals surface area (Å²) in [5.74, 6) is -0.327. The fourth-order valence-electron chi connectivity index (χ4n) is 4.96. The first-order valence-corrected chi connectivity index (χ1v) is 19.9. The van der Waals surface area contributed by atoms with Gasteiger partial charge in [-0.1, -0.05) is 53.4 Å². The zero-order chi connectivity index (χ0) is 38.6. The lowest BCUT2D eigenvalue weighted by Gasteiger charge is -2.23. The summed E-state index contributed by atoms with van der Waals surface area (Å²) in [6, 6.07) is 0. The Morgan fingerprint density at radius 3 is 0.961 bits per heavy atom. The van der Waals surface area contributed by atoms with Crippen LogP contribution in [0, 0.1) is 11.8 Å². The lowest BCUT2D eigenvalue weighted by molar-refractivity contribution is -0.158. The highest BCUT2D eigenvalue weighted by molar-refractivity contribution is 5.72. The molecule has 0 saturated carbocycles. The first-order chi connectivity index (χ1) is 24.3. The SMILES string of the molecule is CCCCC(CC)C(=O)OCC(C)OCC(C)OCC(C)OCC(C)OCC(C)OCC(C)OCC(C)OCC(C)OC(=O)C(CC)CCCC. The molecule has 51 heavy (non-hydrogen) atoms. The van der Waals surface area contributed by atoms with E-state index in [0.717, 1.165) is 51.4 Å². The maximum absolute atomic E-state index is 12.4. The Morgan fingerprint density at radius 1 is 0.392 bits per heavy atom. The molecule has 10 atom stereocenters. The van der Waals surface area contributed by atoms with Gasteiger partial charge >= 0.3 is 11.9 Å². The topological polar surface area (TPSA) is 117 Å². The second kappa shape index (κ2) is 31.1. The minimum atomic E-state index is -0.301. The van der Waals surface area contributed by atoms with Gasteiger partial charge in [-0.05, 0) is 81.1 Å². The molecule has 0 bridgehead atoms. The van der Waals surface area contributed by atoms with Crippen LogP contribution in [0.25, 0.3) is 0 Å². The van der Waals surface area contributed by atoms with E-state index in [4.69, 9.17) is 42.6 Å². The standard InChI is InChI=1S/C40H78O11/c1-13-17-19-37(15-3)39(41)50-27-35(11)48-25-33(9)46-23-31(7)44-21-29(5)43-22-30(6)45-24-32(8)47-26-34(10)49-28-36(12)51-40(42)38(16-4)20-18-14-2/h29-38H,13-28H2,1-12H3. The van der Waals surface area contributed by atoms with Gasteiger partial charge in [0.1, 0.15) is 12.7 Å². The van der Waals surface area contributed by atoms with Gasteiger partial charge in [0.25, 0.3) is 0 Å². The molecule has 0 aromatic heterocycles. The first kappa shape index (κ1) is 49.7. The predicted molar refractivity (Wildman–Crippen MR) is 201 cm³/mol. The van der Waals surface area contributed by atoms with Crippen LogP contribution in [0.4, 0.5) is 0 Å². The van der Waals surface area contributed by atoms with Crippen molar-refractivity contribution in [3.63, 3.8) is 0 Å². The number of rotatable bonds is 34. The van der Waals surface area contributed by atoms with Crippen LogP contribution in [-0.4, -0.2) is 114 Å². The van der Waals surface area contributed by atoms with Crippen molar-refractivity contribution < 1.29 is 52.2 Å². The van der Waals surface area contributed by atoms with Crippen LogP contribution >= 0.6 is 0 Å². The van der Waals surface area contributed by atoms with E-state index in [-0.39, 0.29) is 79.2 Å². The van der Waals surface area contributed by atoms with Crippen molar-refractivity contribution in [2.45, 2.75) is 183 Å². The summed E-state index contributed by atoms with van der Waals surface area (Å²) in [7, 11) is 0. The Hall–Kier alpha value is -1.34. The van der Waals surface area contributed by atoms with Gasteiger partial charge in [-0.3, -0.25) is 9.59 Å². The third-order valence-corrected chi connectivity index (χ3v) is 8.55. The summed E-state index contributed by atoms with van der Waals surface area (Å²) in [5, 5.41) is 0. The number of esters is 2. The lowest BCUT2D eigenvalue weighted by atomic mass is 10.00. The Bertz CT molecular complexity index is 843. The second-order valence-corrected chi connectivity index (χ2v) is 14.4. The molecule has 0 aromatic rings. The highest BCUT2D eigenvalue weighted by atomic mass is 16.6. The largest absolute Gasteiger partial charge is 0.463 e. The van der Waals surface area contributed by atoms with Crippen molar-refractivity contribution in [2.24, 2.45) is 11.8 Å². The lowest BCUT2D eigenvalue weighted by Crippen LogP contribution is -2.31. The zero-order valence-electron chi connectivity index (χ0n) is 34.6. The average Bonchev–Trinajstić information content (AvgIpc) is 3.11. The van der Waals surface area contributed by atoms with Crippen LogP contribution in [0.15, 0.2) is 0 Å². The molecule has 11 heteroatoms. The van der Waals surface area contributed by atoms with E-state index >= 15 is 0 Å². The quantitative estimate of drug-likeness (QED) is 0.0605. The first-order valence-electron chi connectivity index (χ1n) is 19.9. The van der Waals surface area contributed by atoms with Gasteiger partial charge in [-0.25, -0.2) is 0 Å². The Morgan fingerprint density at radius 2 is 0.667 bits per heavy atom. The molecule has 304 valence electrons. The number of carbonyl (C=O) groups is 2. The third kappa shape index (κ3) is 27.0. The summed E-state index contributed by atoms with van der Waals surface area (Å²) in [6.07, 6.45) is 6.38. The van der Waals surface area contributed by atoms with Gasteiger partial charge in [0.15, 0.2) is 0 Å². The van der Waals surface area contributed by atoms with E-state index in [1.165, 1.54) is 0 Å². The van der Waals surface area contributed by atoms with Crippen LogP contribution < -0.4 is 0 Å². The highest BCUT2D eigenvalue weighted by Crippen LogP contribution is 2.16. The van der Waals surface area contributed by atoms with Gasteiger partial charge < -0.3 is 42.6 Å². The van der Waals surface area contributed by atoms with Crippen LogP contribution in [-0.2, 0) is 52.2 Å². The summed E-state index contributed by atoms with van der Waals surface area (Å²) >= 11 is 0. The summed E-state index contributed by atoms with van der Waals surface area (Å²) in [4.78, 5) is 24.7. The second-order valence-electron chi connectivity index (χ2n) is 14.4. The Labute approximate surface area is 311 Å². The molecule has 0 aromatic carbocycles. The zero-order valence-corrected chi connectivity index (χ0v) is 34.6. The monoisotopic (exact) mass is 735 g/mol. The van der Waals surface area contributed by atoms with Crippen LogP contribution in [0.2, 0.25) is 0 Å². The summed E-state index contributed by atoms with van der Waals surface area (Å²) < 4.78 is 52.4. The van der Waals surface area contributed by atoms with Crippen molar-refractivity contribution in [3.05, 3.63) is 0 Å². The molecule has 10 unspecified atom stereocenters. The Kier molecular flexibility index (Phi) is 30.2. The smallest absolute Gasteiger partial charge is 0.309 e. The molecule has 11 nitrogen and oxygen atoms in total. The maximum atomic E-state index is 12.4. The fraction of sp³-hybridized carbons (Fsp3) is 0.950. The average molecular weight is 735 g/mol. The maximum Gasteiger partial charge on any atom is 0.309 e. The highest BCUT2D eigenvalue weighted by Gasteiger charge is 2.21. The Balaban J connectivity index is 4.05. The van der Waals surface area contributed by atoms with E-state index < -0.39 is 0 Å². The molecule has 0 radical (unpaired) electrons. The van der Waals surface area contributed by atoms with Gasteiger partial charge in [-0.15, -0.1) is 0 Å². The van der Waals surface area contributed by atoms with Gasteiger partial charge in [0.05, 0.1) is 101 Å². The summed E-state index contributed by atoms with van der Waals surface area (Å²) in [6.45, 7) is 27.0. The summed E-state index contributed by atoms with van der Waals surface area (Å²) in [5.41, 5.74) is 0. The molecule has 0 aliphatic carbocycles. The van der Waals surface area contributed by atoms with Crippen molar-refractivity contribution >= 4 is 11.9 Å². The molecule has 0 heterocycles. The normalized spacial score (nSPS) is 17.8. The van der Waals surface area contributed by atoms with Crippen molar-refractivity contribution in [1.82, 2.24) is 0 Å². The van der Waals surface area contributed by atoms with E-state index in [2.05, 4.69) is 13.8 Å². The van der Waals surface area contributed by atoms with Crippen molar-refractivity contribution in [3.8, 4) is 0 Å². The molecule has 0 saturated heterocycles. The van der Waals surface area contributed by atoms with Gasteiger partial charge in [0.2, 0.25) is 0 Å². The van der Waals surface area contributed by atoms with E-state index in [9.17, 15) is 9.59 Å². The van der Waals surface area contributed by atoms with Crippen LogP contribution in [0.5, 0.6) is 0 Å². The molecule has 0 aliphatic rings. The minimum absolute atomic E-state index is 0.0307. The van der Waals surface area contributed by atoms with Gasteiger partial charge in [0, 0.05) is 0 Å².